The maximum Gasteiger partial charge on any atom is 0.115 e. The molecule has 2 nitrogen and oxygen atoms in total. The van der Waals surface area contributed by atoms with Gasteiger partial charge in [-0.1, -0.05) is 18.6 Å². The summed E-state index contributed by atoms with van der Waals surface area (Å²) in [6.07, 6.45) is 6.62. The summed E-state index contributed by atoms with van der Waals surface area (Å²) >= 11 is 0. The van der Waals surface area contributed by atoms with Gasteiger partial charge in [-0.15, -0.1) is 0 Å². The minimum absolute atomic E-state index is 0.336. The zero-order valence-corrected chi connectivity index (χ0v) is 10.4. The van der Waals surface area contributed by atoms with Crippen LogP contribution in [0.5, 0.6) is 5.75 Å². The first-order valence-electron chi connectivity index (χ1n) is 6.80. The molecule has 0 amide bonds. The molecule has 0 bridgehead atoms. The van der Waals surface area contributed by atoms with Crippen molar-refractivity contribution < 1.29 is 5.11 Å². The Bertz CT molecular complexity index is 392. The molecule has 1 aromatic carbocycles. The van der Waals surface area contributed by atoms with E-state index < -0.39 is 0 Å². The molecule has 1 N–H and O–H groups in total. The second kappa shape index (κ2) is 4.34. The van der Waals surface area contributed by atoms with Gasteiger partial charge in [0.2, 0.25) is 0 Å². The fourth-order valence-electron chi connectivity index (χ4n) is 3.35. The minimum atomic E-state index is 0.336. The number of rotatable bonds is 3. The minimum Gasteiger partial charge on any atom is -0.508 e. The van der Waals surface area contributed by atoms with Crippen LogP contribution in [0, 0.1) is 0 Å². The van der Waals surface area contributed by atoms with Gasteiger partial charge in [0.05, 0.1) is 0 Å². The van der Waals surface area contributed by atoms with Gasteiger partial charge in [0.25, 0.3) is 0 Å². The molecule has 92 valence electrons. The summed E-state index contributed by atoms with van der Waals surface area (Å²) in [6, 6.07) is 7.91. The lowest BCUT2D eigenvalue weighted by Crippen LogP contribution is -2.44. The summed E-state index contributed by atoms with van der Waals surface area (Å²) in [7, 11) is 0. The first-order valence-corrected chi connectivity index (χ1v) is 6.80. The molecule has 1 saturated carbocycles. The van der Waals surface area contributed by atoms with Crippen LogP contribution in [0.25, 0.3) is 0 Å². The van der Waals surface area contributed by atoms with Gasteiger partial charge in [-0.25, -0.2) is 0 Å². The van der Waals surface area contributed by atoms with Crippen molar-refractivity contribution in [3.63, 3.8) is 0 Å². The van der Waals surface area contributed by atoms with Crippen molar-refractivity contribution in [3.05, 3.63) is 29.8 Å². The normalized spacial score (nSPS) is 23.5. The average Bonchev–Trinajstić information content (AvgIpc) is 2.76. The number of phenols is 1. The van der Waals surface area contributed by atoms with E-state index in [1.54, 1.807) is 6.07 Å². The molecule has 1 aliphatic carbocycles. The maximum atomic E-state index is 9.64. The Hall–Kier alpha value is -1.02. The van der Waals surface area contributed by atoms with Crippen molar-refractivity contribution in [2.45, 2.75) is 37.5 Å². The van der Waals surface area contributed by atoms with Crippen LogP contribution < -0.4 is 0 Å². The molecule has 0 spiro atoms. The molecule has 0 atom stereocenters. The molecular formula is C15H21NO. The molecule has 0 unspecified atom stereocenters. The van der Waals surface area contributed by atoms with Crippen LogP contribution in [0.1, 0.15) is 37.7 Å². The Balaban J connectivity index is 1.81. The number of likely N-dealkylation sites (tertiary alicyclic amines) is 1. The van der Waals surface area contributed by atoms with E-state index >= 15 is 0 Å². The highest BCUT2D eigenvalue weighted by atomic mass is 16.3. The van der Waals surface area contributed by atoms with Crippen molar-refractivity contribution in [3.8, 4) is 5.75 Å². The molecule has 0 aromatic heterocycles. The fraction of sp³-hybridized carbons (Fsp3) is 0.600. The van der Waals surface area contributed by atoms with Crippen LogP contribution in [-0.2, 0) is 5.41 Å². The van der Waals surface area contributed by atoms with Crippen molar-refractivity contribution in [2.24, 2.45) is 0 Å². The Labute approximate surface area is 103 Å². The smallest absolute Gasteiger partial charge is 0.115 e. The molecule has 1 saturated heterocycles. The maximum absolute atomic E-state index is 9.64. The topological polar surface area (TPSA) is 23.5 Å². The predicted molar refractivity (Wildman–Crippen MR) is 69.3 cm³/mol. The van der Waals surface area contributed by atoms with Gasteiger partial charge in [-0.05, 0) is 56.5 Å². The fourth-order valence-corrected chi connectivity index (χ4v) is 3.35. The largest absolute Gasteiger partial charge is 0.508 e. The molecule has 3 rings (SSSR count). The van der Waals surface area contributed by atoms with Gasteiger partial charge in [-0.2, -0.15) is 0 Å². The van der Waals surface area contributed by atoms with Crippen molar-refractivity contribution in [1.82, 2.24) is 4.90 Å². The van der Waals surface area contributed by atoms with Gasteiger partial charge in [0.1, 0.15) is 5.75 Å². The second-order valence-corrected chi connectivity index (χ2v) is 5.67. The molecule has 1 heterocycles. The first kappa shape index (κ1) is 11.1. The van der Waals surface area contributed by atoms with E-state index in [-0.39, 0.29) is 0 Å². The van der Waals surface area contributed by atoms with Crippen LogP contribution in [-0.4, -0.2) is 29.6 Å². The molecule has 17 heavy (non-hydrogen) atoms. The number of nitrogens with zero attached hydrogens (tertiary/aromatic N) is 1. The standard InChI is InChI=1S/C15H21NO/c17-14-6-3-5-13(11-14)15(7-4-8-15)12-16-9-1-2-10-16/h3,5-6,11,17H,1-2,4,7-10,12H2. The van der Waals surface area contributed by atoms with E-state index in [9.17, 15) is 5.11 Å². The van der Waals surface area contributed by atoms with Crippen molar-refractivity contribution >= 4 is 0 Å². The lowest BCUT2D eigenvalue weighted by Gasteiger charge is -2.45. The van der Waals surface area contributed by atoms with Crippen LogP contribution in [0.3, 0.4) is 0 Å². The van der Waals surface area contributed by atoms with E-state index in [2.05, 4.69) is 11.0 Å². The number of aromatic hydroxyl groups is 1. The quantitative estimate of drug-likeness (QED) is 0.864. The Morgan fingerprint density at radius 2 is 1.88 bits per heavy atom. The zero-order valence-electron chi connectivity index (χ0n) is 10.4. The molecular weight excluding hydrogens is 210 g/mol. The van der Waals surface area contributed by atoms with E-state index in [4.69, 9.17) is 0 Å². The van der Waals surface area contributed by atoms with Gasteiger partial charge in [0.15, 0.2) is 0 Å². The Morgan fingerprint density at radius 3 is 2.47 bits per heavy atom. The van der Waals surface area contributed by atoms with Gasteiger partial charge in [0, 0.05) is 12.0 Å². The van der Waals surface area contributed by atoms with Crippen LogP contribution in [0.2, 0.25) is 0 Å². The number of hydrogen-bond acceptors (Lipinski definition) is 2. The van der Waals surface area contributed by atoms with Gasteiger partial charge in [-0.3, -0.25) is 0 Å². The van der Waals surface area contributed by atoms with E-state index in [0.29, 0.717) is 11.2 Å². The van der Waals surface area contributed by atoms with Crippen LogP contribution >= 0.6 is 0 Å². The molecule has 1 aromatic rings. The summed E-state index contributed by atoms with van der Waals surface area (Å²) in [5.41, 5.74) is 1.68. The number of hydrogen-bond donors (Lipinski definition) is 1. The summed E-state index contributed by atoms with van der Waals surface area (Å²) in [5, 5.41) is 9.64. The molecule has 1 aliphatic heterocycles. The first-order chi connectivity index (χ1) is 8.28. The average molecular weight is 231 g/mol. The van der Waals surface area contributed by atoms with Crippen LogP contribution in [0.4, 0.5) is 0 Å². The van der Waals surface area contributed by atoms with Gasteiger partial charge < -0.3 is 10.0 Å². The zero-order chi connectivity index (χ0) is 11.7. The highest BCUT2D eigenvalue weighted by Gasteiger charge is 2.40. The highest BCUT2D eigenvalue weighted by Crippen LogP contribution is 2.45. The number of benzene rings is 1. The number of phenolic OH excluding ortho intramolecular Hbond substituents is 1. The molecule has 2 fully saturated rings. The van der Waals surface area contributed by atoms with Gasteiger partial charge >= 0.3 is 0 Å². The molecule has 2 heteroatoms. The van der Waals surface area contributed by atoms with E-state index in [1.165, 1.54) is 57.3 Å². The third kappa shape index (κ3) is 2.06. The van der Waals surface area contributed by atoms with E-state index in [1.807, 2.05) is 12.1 Å². The monoisotopic (exact) mass is 231 g/mol. The Kier molecular flexibility index (Phi) is 2.83. The summed E-state index contributed by atoms with van der Waals surface area (Å²) < 4.78 is 0. The summed E-state index contributed by atoms with van der Waals surface area (Å²) in [6.45, 7) is 3.72. The Morgan fingerprint density at radius 1 is 1.12 bits per heavy atom. The lowest BCUT2D eigenvalue weighted by molar-refractivity contribution is 0.158. The van der Waals surface area contributed by atoms with Crippen molar-refractivity contribution in [2.75, 3.05) is 19.6 Å². The third-order valence-electron chi connectivity index (χ3n) is 4.49. The van der Waals surface area contributed by atoms with Crippen LogP contribution in [0.15, 0.2) is 24.3 Å². The van der Waals surface area contributed by atoms with Crippen molar-refractivity contribution in [1.29, 1.82) is 0 Å². The van der Waals surface area contributed by atoms with E-state index in [0.717, 1.165) is 0 Å². The molecule has 2 aliphatic rings. The lowest BCUT2D eigenvalue weighted by atomic mass is 9.64. The molecule has 0 radical (unpaired) electrons. The second-order valence-electron chi connectivity index (χ2n) is 5.67. The summed E-state index contributed by atoms with van der Waals surface area (Å²) in [4.78, 5) is 2.60. The third-order valence-corrected chi connectivity index (χ3v) is 4.49. The highest BCUT2D eigenvalue weighted by molar-refractivity contribution is 5.35. The predicted octanol–water partition coefficient (Wildman–Crippen LogP) is 2.91. The summed E-state index contributed by atoms with van der Waals surface area (Å²) in [5.74, 6) is 0.412. The SMILES string of the molecule is Oc1cccc(C2(CN3CCCC3)CCC2)c1.